The van der Waals surface area contributed by atoms with Gasteiger partial charge in [0.15, 0.2) is 0 Å². The first-order chi connectivity index (χ1) is 14.4. The maximum Gasteiger partial charge on any atom is 0.123 e. The van der Waals surface area contributed by atoms with Crippen LogP contribution in [0.3, 0.4) is 0 Å². The fourth-order valence-corrected chi connectivity index (χ4v) is 3.49. The number of aliphatic hydroxyl groups excluding tert-OH is 1. The highest BCUT2D eigenvalue weighted by atomic mass is 16.5. The Morgan fingerprint density at radius 3 is 2.63 bits per heavy atom. The lowest BCUT2D eigenvalue weighted by Gasteiger charge is -2.35. The van der Waals surface area contributed by atoms with Crippen LogP contribution >= 0.6 is 0 Å². The molecule has 0 bridgehead atoms. The summed E-state index contributed by atoms with van der Waals surface area (Å²) in [5.74, 6) is 0.861. The minimum absolute atomic E-state index is 0.292. The summed E-state index contributed by atoms with van der Waals surface area (Å²) in [6, 6.07) is 16.4. The van der Waals surface area contributed by atoms with E-state index in [0.717, 1.165) is 28.9 Å². The molecule has 30 heavy (non-hydrogen) atoms. The van der Waals surface area contributed by atoms with Crippen LogP contribution in [0.4, 0.5) is 0 Å². The number of benzene rings is 2. The topological polar surface area (TPSA) is 59.3 Å². The molecule has 0 aliphatic carbocycles. The molecule has 3 rings (SSSR count). The van der Waals surface area contributed by atoms with E-state index in [-0.39, 0.29) is 11.7 Å². The Morgan fingerprint density at radius 1 is 1.23 bits per heavy atom. The summed E-state index contributed by atoms with van der Waals surface area (Å²) in [5, 5.41) is 13.9. The molecule has 2 N–H and O–H groups in total. The lowest BCUT2D eigenvalue weighted by molar-refractivity contribution is 0.0884. The Balaban J connectivity index is 1.81. The SMILES string of the molecule is C=CCc1cc(C(C)(C)NC(C(C)O)n2ccnc2)ccc1OCc1ccccc1. The summed E-state index contributed by atoms with van der Waals surface area (Å²) < 4.78 is 7.98. The van der Waals surface area contributed by atoms with Gasteiger partial charge in [-0.15, -0.1) is 6.58 Å². The quantitative estimate of drug-likeness (QED) is 0.484. The third-order valence-corrected chi connectivity index (χ3v) is 5.20. The van der Waals surface area contributed by atoms with Crippen molar-refractivity contribution in [3.8, 4) is 5.75 Å². The summed E-state index contributed by atoms with van der Waals surface area (Å²) in [6.45, 7) is 10.4. The number of allylic oxidation sites excluding steroid dienone is 1. The average molecular weight is 406 g/mol. The third kappa shape index (κ3) is 5.38. The predicted molar refractivity (Wildman–Crippen MR) is 120 cm³/mol. The van der Waals surface area contributed by atoms with E-state index in [2.05, 4.69) is 55.0 Å². The van der Waals surface area contributed by atoms with Crippen molar-refractivity contribution in [3.05, 3.63) is 96.6 Å². The molecule has 2 aromatic carbocycles. The summed E-state index contributed by atoms with van der Waals surface area (Å²) in [6.07, 6.45) is 7.01. The first-order valence-corrected chi connectivity index (χ1v) is 10.2. The maximum atomic E-state index is 10.3. The predicted octanol–water partition coefficient (Wildman–Crippen LogP) is 4.59. The van der Waals surface area contributed by atoms with Crippen molar-refractivity contribution in [2.75, 3.05) is 0 Å². The number of aromatic nitrogens is 2. The van der Waals surface area contributed by atoms with Crippen LogP contribution in [0, 0.1) is 0 Å². The first-order valence-electron chi connectivity index (χ1n) is 10.2. The van der Waals surface area contributed by atoms with E-state index in [1.807, 2.05) is 41.1 Å². The molecule has 2 atom stereocenters. The van der Waals surface area contributed by atoms with Crippen LogP contribution in [0.2, 0.25) is 0 Å². The molecule has 0 fully saturated rings. The molecule has 158 valence electrons. The van der Waals surface area contributed by atoms with Crippen molar-refractivity contribution in [2.45, 2.75) is 51.6 Å². The highest BCUT2D eigenvalue weighted by molar-refractivity contribution is 5.41. The van der Waals surface area contributed by atoms with Gasteiger partial charge in [-0.2, -0.15) is 0 Å². The van der Waals surface area contributed by atoms with E-state index >= 15 is 0 Å². The molecule has 1 aromatic heterocycles. The smallest absolute Gasteiger partial charge is 0.123 e. The molecule has 5 nitrogen and oxygen atoms in total. The van der Waals surface area contributed by atoms with Crippen molar-refractivity contribution in [1.29, 1.82) is 0 Å². The number of ether oxygens (including phenoxy) is 1. The molecule has 5 heteroatoms. The molecule has 3 aromatic rings. The molecule has 0 spiro atoms. The average Bonchev–Trinajstić information content (AvgIpc) is 3.26. The number of hydrogen-bond donors (Lipinski definition) is 2. The van der Waals surface area contributed by atoms with E-state index < -0.39 is 6.10 Å². The zero-order valence-corrected chi connectivity index (χ0v) is 18.0. The van der Waals surface area contributed by atoms with E-state index in [4.69, 9.17) is 4.74 Å². The molecule has 0 aliphatic rings. The fourth-order valence-electron chi connectivity index (χ4n) is 3.49. The summed E-state index contributed by atoms with van der Waals surface area (Å²) in [5.41, 5.74) is 2.94. The van der Waals surface area contributed by atoms with Gasteiger partial charge in [0.2, 0.25) is 0 Å². The molecular formula is C25H31N3O2. The normalized spacial score (nSPS) is 13.6. The van der Waals surface area contributed by atoms with Crippen LogP contribution < -0.4 is 10.1 Å². The van der Waals surface area contributed by atoms with Crippen molar-refractivity contribution < 1.29 is 9.84 Å². The number of nitrogens with one attached hydrogen (secondary N) is 1. The minimum atomic E-state index is -0.584. The van der Waals surface area contributed by atoms with Gasteiger partial charge in [-0.3, -0.25) is 5.32 Å². The number of nitrogens with zero attached hydrogens (tertiary/aromatic N) is 2. The second-order valence-electron chi connectivity index (χ2n) is 8.05. The molecular weight excluding hydrogens is 374 g/mol. The standard InChI is InChI=1S/C25H31N3O2/c1-5-9-21-16-22(12-13-23(21)30-17-20-10-7-6-8-11-20)25(3,4)27-24(19(2)29)28-15-14-26-18-28/h5-8,10-16,18-19,24,27,29H,1,9,17H2,2-4H3. The van der Waals surface area contributed by atoms with E-state index in [0.29, 0.717) is 6.61 Å². The Morgan fingerprint density at radius 2 is 2.00 bits per heavy atom. The van der Waals surface area contributed by atoms with Gasteiger partial charge in [-0.1, -0.05) is 42.5 Å². The van der Waals surface area contributed by atoms with Crippen LogP contribution in [0.1, 0.15) is 43.6 Å². The first kappa shape index (κ1) is 21.8. The zero-order chi connectivity index (χ0) is 21.6. The van der Waals surface area contributed by atoms with Gasteiger partial charge in [-0.25, -0.2) is 4.98 Å². The monoisotopic (exact) mass is 405 g/mol. The lowest BCUT2D eigenvalue weighted by Crippen LogP contribution is -2.45. The maximum absolute atomic E-state index is 10.3. The van der Waals surface area contributed by atoms with E-state index in [1.165, 1.54) is 0 Å². The molecule has 0 saturated heterocycles. The second-order valence-corrected chi connectivity index (χ2v) is 8.05. The van der Waals surface area contributed by atoms with Crippen LogP contribution in [0.15, 0.2) is 79.9 Å². The molecule has 1 heterocycles. The van der Waals surface area contributed by atoms with Gasteiger partial charge in [0, 0.05) is 17.9 Å². The highest BCUT2D eigenvalue weighted by Crippen LogP contribution is 2.30. The van der Waals surface area contributed by atoms with Crippen LogP contribution in [-0.2, 0) is 18.6 Å². The highest BCUT2D eigenvalue weighted by Gasteiger charge is 2.28. The largest absolute Gasteiger partial charge is 0.489 e. The molecule has 0 radical (unpaired) electrons. The molecule has 0 amide bonds. The lowest BCUT2D eigenvalue weighted by atomic mass is 9.91. The van der Waals surface area contributed by atoms with Crippen molar-refractivity contribution >= 4 is 0 Å². The Kier molecular flexibility index (Phi) is 7.08. The molecule has 0 aliphatic heterocycles. The Labute approximate surface area is 179 Å². The van der Waals surface area contributed by atoms with Crippen LogP contribution in [-0.4, -0.2) is 20.8 Å². The zero-order valence-electron chi connectivity index (χ0n) is 18.0. The van der Waals surface area contributed by atoms with Gasteiger partial charge in [0.05, 0.1) is 12.4 Å². The van der Waals surface area contributed by atoms with Crippen LogP contribution in [0.5, 0.6) is 5.75 Å². The fraction of sp³-hybridized carbons (Fsp3) is 0.320. The van der Waals surface area contributed by atoms with Crippen LogP contribution in [0.25, 0.3) is 0 Å². The summed E-state index contributed by atoms with van der Waals surface area (Å²) in [4.78, 5) is 4.11. The Hall–Kier alpha value is -2.89. The van der Waals surface area contributed by atoms with Gasteiger partial charge >= 0.3 is 0 Å². The van der Waals surface area contributed by atoms with Gasteiger partial charge in [-0.05, 0) is 56.0 Å². The number of aliphatic hydroxyl groups is 1. The number of hydrogen-bond acceptors (Lipinski definition) is 4. The van der Waals surface area contributed by atoms with Crippen molar-refractivity contribution in [2.24, 2.45) is 0 Å². The van der Waals surface area contributed by atoms with Gasteiger partial charge in [0.1, 0.15) is 18.5 Å². The molecule has 2 unspecified atom stereocenters. The van der Waals surface area contributed by atoms with E-state index in [1.54, 1.807) is 19.4 Å². The van der Waals surface area contributed by atoms with Gasteiger partial charge in [0.25, 0.3) is 0 Å². The minimum Gasteiger partial charge on any atom is -0.489 e. The van der Waals surface area contributed by atoms with E-state index in [9.17, 15) is 5.11 Å². The van der Waals surface area contributed by atoms with Crippen molar-refractivity contribution in [3.63, 3.8) is 0 Å². The number of rotatable bonds is 10. The molecule has 0 saturated carbocycles. The Bertz CT molecular complexity index is 934. The van der Waals surface area contributed by atoms with Crippen molar-refractivity contribution in [1.82, 2.24) is 14.9 Å². The van der Waals surface area contributed by atoms with Gasteiger partial charge < -0.3 is 14.4 Å². The summed E-state index contributed by atoms with van der Waals surface area (Å²) in [7, 11) is 0. The second kappa shape index (κ2) is 9.74. The summed E-state index contributed by atoms with van der Waals surface area (Å²) >= 11 is 0. The number of imidazole rings is 1. The third-order valence-electron chi connectivity index (χ3n) is 5.20.